The van der Waals surface area contributed by atoms with Gasteiger partial charge in [0, 0.05) is 35.2 Å². The molecular weight excluding hydrogens is 715 g/mol. The summed E-state index contributed by atoms with van der Waals surface area (Å²) >= 11 is 0. The molecule has 0 N–H and O–H groups in total. The molecule has 290 valence electrons. The molecule has 1 aromatic heterocycles. The molecule has 1 aliphatic heterocycles. The maximum absolute atomic E-state index is 5.39. The molecule has 0 bridgehead atoms. The van der Waals surface area contributed by atoms with Crippen LogP contribution in [-0.4, -0.2) is 29.5 Å². The van der Waals surface area contributed by atoms with Crippen molar-refractivity contribution in [3.8, 4) is 28.2 Å². The van der Waals surface area contributed by atoms with E-state index in [1.165, 1.54) is 95.3 Å². The van der Waals surface area contributed by atoms with E-state index in [0.29, 0.717) is 0 Å². The van der Waals surface area contributed by atoms with Gasteiger partial charge in [-0.3, -0.25) is 4.57 Å². The first kappa shape index (κ1) is 38.3. The van der Waals surface area contributed by atoms with Crippen molar-refractivity contribution in [2.24, 2.45) is 0 Å². The summed E-state index contributed by atoms with van der Waals surface area (Å²) in [5.41, 5.74) is 18.9. The quantitative estimate of drug-likeness (QED) is 0.124. The van der Waals surface area contributed by atoms with Gasteiger partial charge in [0.05, 0.1) is 11.0 Å². The average Bonchev–Trinajstić information content (AvgIpc) is 3.97. The minimum Gasteiger partial charge on any atom is -0.381 e. The van der Waals surface area contributed by atoms with E-state index in [2.05, 4.69) is 198 Å². The van der Waals surface area contributed by atoms with Gasteiger partial charge in [-0.05, 0) is 88.4 Å². The van der Waals surface area contributed by atoms with Crippen LogP contribution in [0.15, 0.2) is 152 Å². The van der Waals surface area contributed by atoms with Crippen LogP contribution in [0.3, 0.4) is 0 Å². The first-order valence-electron chi connectivity index (χ1n) is 21.1. The molecular formula is C55H51BN2O. The maximum Gasteiger partial charge on any atom is 0.242 e. The summed E-state index contributed by atoms with van der Waals surface area (Å²) in [6.07, 6.45) is 2.56. The second-order valence-corrected chi connectivity index (χ2v) is 16.5. The number of aryl methyl sites for hydroxylation is 6. The molecule has 0 saturated carbocycles. The Morgan fingerprint density at radius 3 is 1.44 bits per heavy atom. The maximum atomic E-state index is 5.39. The third kappa shape index (κ3) is 7.28. The topological polar surface area (TPSA) is 27.1 Å². The second kappa shape index (κ2) is 16.2. The van der Waals surface area contributed by atoms with Gasteiger partial charge in [0.2, 0.25) is 6.71 Å². The van der Waals surface area contributed by atoms with Gasteiger partial charge in [-0.25, -0.2) is 4.98 Å². The Labute approximate surface area is 349 Å². The summed E-state index contributed by atoms with van der Waals surface area (Å²) in [4.78, 5) is 5.39. The lowest BCUT2D eigenvalue weighted by Gasteiger charge is -2.24. The van der Waals surface area contributed by atoms with Crippen LogP contribution in [0.5, 0.6) is 0 Å². The van der Waals surface area contributed by atoms with Crippen molar-refractivity contribution in [3.05, 3.63) is 185 Å². The van der Waals surface area contributed by atoms with Gasteiger partial charge in [-0.2, -0.15) is 0 Å². The van der Waals surface area contributed by atoms with Gasteiger partial charge in [0.1, 0.15) is 5.82 Å². The zero-order valence-corrected chi connectivity index (χ0v) is 35.1. The highest BCUT2D eigenvalue weighted by molar-refractivity contribution is 6.96. The van der Waals surface area contributed by atoms with Gasteiger partial charge in [0.25, 0.3) is 0 Å². The number of hydrogen-bond acceptors (Lipinski definition) is 2. The van der Waals surface area contributed by atoms with Crippen LogP contribution >= 0.6 is 0 Å². The number of fused-ring (bicyclic) bond motifs is 6. The Morgan fingerprint density at radius 1 is 0.475 bits per heavy atom. The fourth-order valence-corrected chi connectivity index (χ4v) is 9.69. The minimum atomic E-state index is 0.152. The van der Waals surface area contributed by atoms with E-state index in [9.17, 15) is 0 Å². The van der Waals surface area contributed by atoms with E-state index >= 15 is 0 Å². The Bertz CT molecular complexity index is 2850. The third-order valence-corrected chi connectivity index (χ3v) is 12.1. The van der Waals surface area contributed by atoms with Gasteiger partial charge >= 0.3 is 0 Å². The lowest BCUT2D eigenvalue weighted by Crippen LogP contribution is -2.55. The number of aromatic nitrogens is 2. The van der Waals surface area contributed by atoms with Gasteiger partial charge in [0.15, 0.2) is 0 Å². The predicted octanol–water partition coefficient (Wildman–Crippen LogP) is 11.8. The number of nitrogens with zero attached hydrogens (tertiary/aromatic N) is 2. The highest BCUT2D eigenvalue weighted by atomic mass is 16.5. The molecule has 8 aromatic carbocycles. The van der Waals surface area contributed by atoms with E-state index in [1.807, 2.05) is 0 Å². The van der Waals surface area contributed by atoms with E-state index in [0.717, 1.165) is 41.3 Å². The fraction of sp³-hybridized carbons (Fsp3) is 0.182. The SMILES string of the molecule is C1CCOC1.Cc1cc(C)c(B(c2ccc(-c3ccc(-n4c(-c5ccccc5)nc5c6ccccc6c6ccccc6c54)cc3)cc2)c2c(C)cc(C)cc2C)c(C)c1. The zero-order valence-electron chi connectivity index (χ0n) is 35.1. The third-order valence-electron chi connectivity index (χ3n) is 12.1. The lowest BCUT2D eigenvalue weighted by atomic mass is 9.34. The van der Waals surface area contributed by atoms with Gasteiger partial charge in [-0.15, -0.1) is 0 Å². The molecule has 1 fully saturated rings. The minimum absolute atomic E-state index is 0.152. The standard InChI is InChI=1S/C51H43BN2.C4H8O/c1-32-28-34(3)47(35(4)29-32)52(48-36(5)30-33(2)31-37(48)6)41-24-20-38(21-25-41)39-22-26-42(27-23-39)54-50-46-19-13-11-17-44(46)43-16-10-12-18-45(43)49(50)53-51(54)40-14-8-7-9-15-40;1-2-4-5-3-1/h7-31H,1-6H3;1-4H2. The molecule has 0 aliphatic carbocycles. The van der Waals surface area contributed by atoms with Gasteiger partial charge in [-0.1, -0.05) is 189 Å². The van der Waals surface area contributed by atoms with Crippen LogP contribution in [0.1, 0.15) is 46.2 Å². The van der Waals surface area contributed by atoms with Crippen molar-refractivity contribution in [3.63, 3.8) is 0 Å². The molecule has 1 aliphatic rings. The largest absolute Gasteiger partial charge is 0.381 e. The predicted molar refractivity (Wildman–Crippen MR) is 253 cm³/mol. The van der Waals surface area contributed by atoms with Crippen molar-refractivity contribution >= 4 is 55.7 Å². The van der Waals surface area contributed by atoms with Crippen molar-refractivity contribution < 1.29 is 4.74 Å². The molecule has 0 spiro atoms. The van der Waals surface area contributed by atoms with Crippen LogP contribution in [0.2, 0.25) is 0 Å². The van der Waals surface area contributed by atoms with E-state index in [4.69, 9.17) is 9.72 Å². The monoisotopic (exact) mass is 766 g/mol. The highest BCUT2D eigenvalue weighted by Crippen LogP contribution is 2.39. The summed E-state index contributed by atoms with van der Waals surface area (Å²) in [6, 6.07) is 55.6. The van der Waals surface area contributed by atoms with E-state index in [-0.39, 0.29) is 6.71 Å². The number of rotatable bonds is 6. The van der Waals surface area contributed by atoms with Crippen LogP contribution < -0.4 is 16.4 Å². The highest BCUT2D eigenvalue weighted by Gasteiger charge is 2.28. The van der Waals surface area contributed by atoms with Crippen LogP contribution in [0.4, 0.5) is 0 Å². The number of ether oxygens (including phenoxy) is 1. The van der Waals surface area contributed by atoms with Crippen molar-refractivity contribution in [1.29, 1.82) is 0 Å². The van der Waals surface area contributed by atoms with E-state index in [1.54, 1.807) is 0 Å². The number of imidazole rings is 1. The van der Waals surface area contributed by atoms with Crippen molar-refractivity contribution in [2.45, 2.75) is 54.4 Å². The van der Waals surface area contributed by atoms with Crippen molar-refractivity contribution in [2.75, 3.05) is 13.2 Å². The fourth-order valence-electron chi connectivity index (χ4n) is 9.69. The summed E-state index contributed by atoms with van der Waals surface area (Å²) in [5.74, 6) is 0.943. The Morgan fingerprint density at radius 2 is 0.932 bits per heavy atom. The molecule has 0 amide bonds. The molecule has 2 heterocycles. The molecule has 59 heavy (non-hydrogen) atoms. The Kier molecular flexibility index (Phi) is 10.5. The van der Waals surface area contributed by atoms with Crippen molar-refractivity contribution in [1.82, 2.24) is 9.55 Å². The van der Waals surface area contributed by atoms with Crippen LogP contribution in [-0.2, 0) is 4.74 Å². The average molecular weight is 767 g/mol. The zero-order chi connectivity index (χ0) is 40.6. The summed E-state index contributed by atoms with van der Waals surface area (Å²) in [5, 5.41) is 4.84. The van der Waals surface area contributed by atoms with Crippen LogP contribution in [0, 0.1) is 41.5 Å². The molecule has 10 rings (SSSR count). The summed E-state index contributed by atoms with van der Waals surface area (Å²) in [7, 11) is 0. The van der Waals surface area contributed by atoms with Gasteiger partial charge < -0.3 is 4.74 Å². The van der Waals surface area contributed by atoms with Crippen LogP contribution in [0.25, 0.3) is 60.8 Å². The Balaban J connectivity index is 0.000000837. The molecule has 9 aromatic rings. The summed E-state index contributed by atoms with van der Waals surface area (Å²) < 4.78 is 7.30. The first-order valence-corrected chi connectivity index (χ1v) is 21.1. The lowest BCUT2D eigenvalue weighted by molar-refractivity contribution is 0.198. The smallest absolute Gasteiger partial charge is 0.242 e. The molecule has 3 nitrogen and oxygen atoms in total. The number of hydrogen-bond donors (Lipinski definition) is 0. The molecule has 1 saturated heterocycles. The number of benzene rings is 8. The molecule has 0 atom stereocenters. The Hall–Kier alpha value is -6.23. The molecule has 0 radical (unpaired) electrons. The molecule has 0 unspecified atom stereocenters. The summed E-state index contributed by atoms with van der Waals surface area (Å²) in [6.45, 7) is 15.6. The normalized spacial score (nSPS) is 12.6. The first-order chi connectivity index (χ1) is 28.8. The second-order valence-electron chi connectivity index (χ2n) is 16.5. The van der Waals surface area contributed by atoms with E-state index < -0.39 is 0 Å². The molecule has 4 heteroatoms.